The summed E-state index contributed by atoms with van der Waals surface area (Å²) in [5, 5.41) is 1.01. The third kappa shape index (κ3) is 2.56. The van der Waals surface area contributed by atoms with Crippen molar-refractivity contribution in [1.29, 1.82) is 0 Å². The third-order valence-electron chi connectivity index (χ3n) is 4.11. The minimum Gasteiger partial charge on any atom is -0.466 e. The van der Waals surface area contributed by atoms with Crippen LogP contribution in [0.4, 0.5) is 0 Å². The number of hydrogen-bond acceptors (Lipinski definition) is 5. The topological polar surface area (TPSA) is 71.6 Å². The van der Waals surface area contributed by atoms with Gasteiger partial charge in [0.15, 0.2) is 0 Å². The van der Waals surface area contributed by atoms with E-state index < -0.39 is 11.9 Å². The Balaban J connectivity index is 2.13. The predicted molar refractivity (Wildman–Crippen MR) is 89.0 cm³/mol. The van der Waals surface area contributed by atoms with Crippen molar-refractivity contribution in [1.82, 2.24) is 9.88 Å². The standard InChI is InChI=1S/C18H18N2O4/c1-20-10-11(17(21)23-2)8-13(18(22)24-3)16(20)14-9-19-15-7-5-4-6-12(14)15/h4-10,16,19H,1-3H3. The second-order valence-electron chi connectivity index (χ2n) is 5.52. The zero-order valence-corrected chi connectivity index (χ0v) is 13.7. The van der Waals surface area contributed by atoms with E-state index >= 15 is 0 Å². The maximum absolute atomic E-state index is 12.3. The van der Waals surface area contributed by atoms with Gasteiger partial charge in [-0.3, -0.25) is 0 Å². The van der Waals surface area contributed by atoms with Crippen LogP contribution in [0.15, 0.2) is 53.9 Å². The fraction of sp³-hybridized carbons (Fsp3) is 0.222. The van der Waals surface area contributed by atoms with Gasteiger partial charge in [0.1, 0.15) is 0 Å². The Bertz CT molecular complexity index is 863. The molecule has 0 saturated carbocycles. The first-order chi connectivity index (χ1) is 11.6. The minimum atomic E-state index is -0.499. The highest BCUT2D eigenvalue weighted by Gasteiger charge is 2.32. The largest absolute Gasteiger partial charge is 0.466 e. The van der Waals surface area contributed by atoms with Gasteiger partial charge in [-0.2, -0.15) is 0 Å². The maximum Gasteiger partial charge on any atom is 0.339 e. The number of H-pyrrole nitrogens is 1. The van der Waals surface area contributed by atoms with Gasteiger partial charge >= 0.3 is 11.9 Å². The summed E-state index contributed by atoms with van der Waals surface area (Å²) in [6.07, 6.45) is 5.08. The van der Waals surface area contributed by atoms with Crippen LogP contribution in [0.2, 0.25) is 0 Å². The lowest BCUT2D eigenvalue weighted by molar-refractivity contribution is -0.136. The second-order valence-corrected chi connectivity index (χ2v) is 5.52. The maximum atomic E-state index is 12.3. The summed E-state index contributed by atoms with van der Waals surface area (Å²) in [5.74, 6) is -0.979. The monoisotopic (exact) mass is 326 g/mol. The Morgan fingerprint density at radius 2 is 1.83 bits per heavy atom. The molecule has 6 nitrogen and oxygen atoms in total. The molecule has 0 bridgehead atoms. The van der Waals surface area contributed by atoms with Crippen LogP contribution in [0.3, 0.4) is 0 Å². The number of ether oxygens (including phenoxy) is 2. The lowest BCUT2D eigenvalue weighted by Gasteiger charge is -2.31. The molecule has 1 atom stereocenters. The number of rotatable bonds is 3. The van der Waals surface area contributed by atoms with Gasteiger partial charge in [0, 0.05) is 35.9 Å². The summed E-state index contributed by atoms with van der Waals surface area (Å²) >= 11 is 0. The predicted octanol–water partition coefficient (Wildman–Crippen LogP) is 2.31. The zero-order chi connectivity index (χ0) is 17.3. The summed E-state index contributed by atoms with van der Waals surface area (Å²) in [5.41, 5.74) is 2.60. The highest BCUT2D eigenvalue weighted by Crippen LogP contribution is 2.37. The van der Waals surface area contributed by atoms with E-state index in [-0.39, 0.29) is 6.04 Å². The number of benzene rings is 1. The molecule has 2 heterocycles. The summed E-state index contributed by atoms with van der Waals surface area (Å²) in [7, 11) is 4.44. The third-order valence-corrected chi connectivity index (χ3v) is 4.11. The normalized spacial score (nSPS) is 17.3. The highest BCUT2D eigenvalue weighted by molar-refractivity contribution is 5.99. The van der Waals surface area contributed by atoms with Crippen molar-refractivity contribution in [2.75, 3.05) is 21.3 Å². The average Bonchev–Trinajstić information content (AvgIpc) is 3.03. The second kappa shape index (κ2) is 6.23. The Morgan fingerprint density at radius 3 is 2.54 bits per heavy atom. The lowest BCUT2D eigenvalue weighted by Crippen LogP contribution is -2.30. The van der Waals surface area contributed by atoms with Gasteiger partial charge in [-0.25, -0.2) is 9.59 Å². The van der Waals surface area contributed by atoms with Crippen LogP contribution in [-0.2, 0) is 19.1 Å². The Morgan fingerprint density at radius 1 is 1.12 bits per heavy atom. The molecule has 1 aliphatic rings. The Kier molecular flexibility index (Phi) is 4.12. The van der Waals surface area contributed by atoms with Crippen molar-refractivity contribution in [3.05, 3.63) is 59.4 Å². The summed E-state index contributed by atoms with van der Waals surface area (Å²) in [4.78, 5) is 29.2. The van der Waals surface area contributed by atoms with Crippen molar-refractivity contribution < 1.29 is 19.1 Å². The molecule has 2 aromatic rings. The molecule has 1 unspecified atom stereocenters. The number of carbonyl (C=O) groups is 2. The fourth-order valence-corrected chi connectivity index (χ4v) is 3.02. The van der Waals surface area contributed by atoms with E-state index in [4.69, 9.17) is 9.47 Å². The number of hydrogen-bond donors (Lipinski definition) is 1. The fourth-order valence-electron chi connectivity index (χ4n) is 3.02. The number of carbonyl (C=O) groups excluding carboxylic acids is 2. The van der Waals surface area contributed by atoms with Gasteiger partial charge in [0.25, 0.3) is 0 Å². The van der Waals surface area contributed by atoms with Crippen LogP contribution in [0.25, 0.3) is 10.9 Å². The molecule has 24 heavy (non-hydrogen) atoms. The van der Waals surface area contributed by atoms with Gasteiger partial charge in [0.05, 0.1) is 31.4 Å². The number of nitrogens with zero attached hydrogens (tertiary/aromatic N) is 1. The number of esters is 2. The van der Waals surface area contributed by atoms with Crippen molar-refractivity contribution in [3.63, 3.8) is 0 Å². The van der Waals surface area contributed by atoms with E-state index in [9.17, 15) is 9.59 Å². The summed E-state index contributed by atoms with van der Waals surface area (Å²) in [6.45, 7) is 0. The summed E-state index contributed by atoms with van der Waals surface area (Å²) in [6, 6.07) is 7.49. The van der Waals surface area contributed by atoms with Gasteiger partial charge in [-0.1, -0.05) is 18.2 Å². The van der Waals surface area contributed by atoms with E-state index in [1.54, 1.807) is 6.20 Å². The lowest BCUT2D eigenvalue weighted by atomic mass is 9.92. The van der Waals surface area contributed by atoms with Crippen molar-refractivity contribution in [2.24, 2.45) is 0 Å². The van der Waals surface area contributed by atoms with Crippen LogP contribution in [0, 0.1) is 0 Å². The molecule has 0 fully saturated rings. The van der Waals surface area contributed by atoms with Crippen molar-refractivity contribution in [2.45, 2.75) is 6.04 Å². The first-order valence-corrected chi connectivity index (χ1v) is 7.44. The molecule has 0 aliphatic carbocycles. The molecule has 3 rings (SSSR count). The molecule has 124 valence electrons. The number of nitrogens with one attached hydrogen (secondary N) is 1. The Hall–Kier alpha value is -3.02. The molecule has 0 spiro atoms. The van der Waals surface area contributed by atoms with E-state index in [0.29, 0.717) is 11.1 Å². The molecular weight excluding hydrogens is 308 g/mol. The molecular formula is C18H18N2O4. The van der Waals surface area contributed by atoms with E-state index in [1.165, 1.54) is 20.3 Å². The number of aromatic amines is 1. The minimum absolute atomic E-state index is 0.302. The SMILES string of the molecule is COC(=O)C1=CN(C)C(c2c[nH]c3ccccc23)C(C(=O)OC)=C1. The van der Waals surface area contributed by atoms with Gasteiger partial charge in [-0.15, -0.1) is 0 Å². The Labute approximate surface area is 139 Å². The number of fused-ring (bicyclic) bond motifs is 1. The molecule has 1 aromatic heterocycles. The number of methoxy groups -OCH3 is 2. The molecule has 0 amide bonds. The summed E-state index contributed by atoms with van der Waals surface area (Å²) < 4.78 is 9.68. The first kappa shape index (κ1) is 15.9. The van der Waals surface area contributed by atoms with E-state index in [0.717, 1.165) is 16.5 Å². The van der Waals surface area contributed by atoms with Crippen molar-refractivity contribution in [3.8, 4) is 0 Å². The van der Waals surface area contributed by atoms with Crippen LogP contribution in [-0.4, -0.2) is 43.1 Å². The number of aromatic nitrogens is 1. The molecule has 0 radical (unpaired) electrons. The molecule has 1 N–H and O–H groups in total. The van der Waals surface area contributed by atoms with Crippen LogP contribution in [0.1, 0.15) is 11.6 Å². The first-order valence-electron chi connectivity index (χ1n) is 7.44. The number of likely N-dealkylation sites (N-methyl/N-ethyl adjacent to an activating group) is 1. The molecule has 6 heteroatoms. The van der Waals surface area contributed by atoms with E-state index in [2.05, 4.69) is 4.98 Å². The quantitative estimate of drug-likeness (QED) is 0.877. The van der Waals surface area contributed by atoms with Gasteiger partial charge in [0.2, 0.25) is 0 Å². The van der Waals surface area contributed by atoms with Crippen LogP contribution in [0.5, 0.6) is 0 Å². The van der Waals surface area contributed by atoms with Crippen LogP contribution < -0.4 is 0 Å². The average molecular weight is 326 g/mol. The van der Waals surface area contributed by atoms with Crippen LogP contribution >= 0.6 is 0 Å². The highest BCUT2D eigenvalue weighted by atomic mass is 16.5. The smallest absolute Gasteiger partial charge is 0.339 e. The zero-order valence-electron chi connectivity index (χ0n) is 13.7. The molecule has 1 aromatic carbocycles. The molecule has 0 saturated heterocycles. The van der Waals surface area contributed by atoms with Crippen molar-refractivity contribution >= 4 is 22.8 Å². The van der Waals surface area contributed by atoms with Gasteiger partial charge in [-0.05, 0) is 12.1 Å². The van der Waals surface area contributed by atoms with E-state index in [1.807, 2.05) is 42.4 Å². The molecule has 1 aliphatic heterocycles. The number of para-hydroxylation sites is 1. The van der Waals surface area contributed by atoms with Gasteiger partial charge < -0.3 is 19.4 Å².